The van der Waals surface area contributed by atoms with Gasteiger partial charge < -0.3 is 15.5 Å². The van der Waals surface area contributed by atoms with E-state index in [1.807, 2.05) is 7.05 Å². The van der Waals surface area contributed by atoms with E-state index in [9.17, 15) is 9.59 Å². The average molecular weight is 245 g/mol. The summed E-state index contributed by atoms with van der Waals surface area (Å²) in [5.74, 6) is -0.0446. The molecule has 0 spiro atoms. The van der Waals surface area contributed by atoms with Crippen LogP contribution in [-0.2, 0) is 9.59 Å². The van der Waals surface area contributed by atoms with Crippen LogP contribution in [0.2, 0.25) is 0 Å². The molecule has 16 heavy (non-hydrogen) atoms. The summed E-state index contributed by atoms with van der Waals surface area (Å²) >= 11 is 4.06. The van der Waals surface area contributed by atoms with E-state index in [2.05, 4.69) is 28.2 Å². The number of rotatable bonds is 4. The molecule has 1 saturated heterocycles. The maximum atomic E-state index is 11.8. The Hall–Kier alpha value is -0.750. The Morgan fingerprint density at radius 2 is 2.25 bits per heavy atom. The molecule has 0 aromatic carbocycles. The summed E-state index contributed by atoms with van der Waals surface area (Å²) in [5.41, 5.74) is 0. The van der Waals surface area contributed by atoms with Gasteiger partial charge in [0.05, 0.1) is 0 Å². The summed E-state index contributed by atoms with van der Waals surface area (Å²) in [7, 11) is 2.02. The number of carbonyl (C=O) groups is 2. The molecule has 0 aromatic rings. The van der Waals surface area contributed by atoms with Crippen molar-refractivity contribution in [2.24, 2.45) is 0 Å². The lowest BCUT2D eigenvalue weighted by Gasteiger charge is -2.18. The summed E-state index contributed by atoms with van der Waals surface area (Å²) in [4.78, 5) is 24.8. The zero-order chi connectivity index (χ0) is 12.1. The largest absolute Gasteiger partial charge is 0.350 e. The molecule has 1 heterocycles. The van der Waals surface area contributed by atoms with Gasteiger partial charge in [-0.2, -0.15) is 12.6 Å². The molecular weight excluding hydrogens is 226 g/mol. The Bertz CT molecular complexity index is 273. The number of nitrogens with one attached hydrogen (secondary N) is 2. The molecule has 1 fully saturated rings. The summed E-state index contributed by atoms with van der Waals surface area (Å²) in [6, 6.07) is -0.347. The molecule has 2 N–H and O–H groups in total. The fourth-order valence-electron chi connectivity index (χ4n) is 1.79. The molecule has 0 saturated carbocycles. The topological polar surface area (TPSA) is 61.4 Å². The van der Waals surface area contributed by atoms with Gasteiger partial charge in [0.2, 0.25) is 11.8 Å². The van der Waals surface area contributed by atoms with E-state index < -0.39 is 6.04 Å². The highest BCUT2D eigenvalue weighted by Gasteiger charge is 2.24. The van der Waals surface area contributed by atoms with E-state index in [-0.39, 0.29) is 17.9 Å². The smallest absolute Gasteiger partial charge is 0.243 e. The number of hydrogen-bond acceptors (Lipinski definition) is 4. The Morgan fingerprint density at radius 1 is 1.56 bits per heavy atom. The van der Waals surface area contributed by atoms with Crippen molar-refractivity contribution in [3.63, 3.8) is 0 Å². The van der Waals surface area contributed by atoms with Crippen molar-refractivity contribution in [2.45, 2.75) is 25.4 Å². The normalized spacial score (nSPS) is 22.8. The van der Waals surface area contributed by atoms with Crippen molar-refractivity contribution < 1.29 is 9.59 Å². The van der Waals surface area contributed by atoms with Gasteiger partial charge in [0.25, 0.3) is 0 Å². The standard InChI is InChI=1S/C10H19N3O2S/c1-7(14)11-9(6-16)10(15)12-8-3-4-13(2)5-8/h8-9,16H,3-6H2,1-2H3,(H,11,14)(H,12,15). The summed E-state index contributed by atoms with van der Waals surface area (Å²) < 4.78 is 0. The summed E-state index contributed by atoms with van der Waals surface area (Å²) in [6.07, 6.45) is 0.960. The first-order chi connectivity index (χ1) is 7.52. The maximum absolute atomic E-state index is 11.8. The third kappa shape index (κ3) is 4.02. The minimum atomic E-state index is -0.535. The lowest BCUT2D eigenvalue weighted by Crippen LogP contribution is -2.50. The molecule has 2 atom stereocenters. The zero-order valence-corrected chi connectivity index (χ0v) is 10.6. The van der Waals surface area contributed by atoms with E-state index >= 15 is 0 Å². The fourth-order valence-corrected chi connectivity index (χ4v) is 2.05. The van der Waals surface area contributed by atoms with Gasteiger partial charge in [0, 0.05) is 25.3 Å². The van der Waals surface area contributed by atoms with Gasteiger partial charge in [-0.15, -0.1) is 0 Å². The Labute approximate surface area is 101 Å². The maximum Gasteiger partial charge on any atom is 0.243 e. The molecule has 0 aromatic heterocycles. The lowest BCUT2D eigenvalue weighted by atomic mass is 10.2. The van der Waals surface area contributed by atoms with Crippen molar-refractivity contribution in [3.05, 3.63) is 0 Å². The molecule has 0 bridgehead atoms. The molecule has 1 aliphatic heterocycles. The number of amides is 2. The Morgan fingerprint density at radius 3 is 2.69 bits per heavy atom. The monoisotopic (exact) mass is 245 g/mol. The van der Waals surface area contributed by atoms with Gasteiger partial charge >= 0.3 is 0 Å². The molecule has 1 aliphatic rings. The second-order valence-electron chi connectivity index (χ2n) is 4.19. The van der Waals surface area contributed by atoms with Crippen LogP contribution in [0.15, 0.2) is 0 Å². The van der Waals surface area contributed by atoms with Crippen LogP contribution in [0.5, 0.6) is 0 Å². The quantitative estimate of drug-likeness (QED) is 0.571. The number of likely N-dealkylation sites (tertiary alicyclic amines) is 1. The van der Waals surface area contributed by atoms with Crippen molar-refractivity contribution in [1.82, 2.24) is 15.5 Å². The Balaban J connectivity index is 2.40. The van der Waals surface area contributed by atoms with Gasteiger partial charge in [-0.05, 0) is 20.0 Å². The predicted molar refractivity (Wildman–Crippen MR) is 65.5 cm³/mol. The second kappa shape index (κ2) is 6.10. The molecule has 0 radical (unpaired) electrons. The first kappa shape index (κ1) is 13.3. The molecule has 6 heteroatoms. The van der Waals surface area contributed by atoms with Crippen LogP contribution < -0.4 is 10.6 Å². The van der Waals surface area contributed by atoms with Gasteiger partial charge in [-0.25, -0.2) is 0 Å². The highest BCUT2D eigenvalue weighted by atomic mass is 32.1. The highest BCUT2D eigenvalue weighted by molar-refractivity contribution is 7.80. The first-order valence-corrected chi connectivity index (χ1v) is 6.03. The van der Waals surface area contributed by atoms with Crippen molar-refractivity contribution in [2.75, 3.05) is 25.9 Å². The molecule has 92 valence electrons. The SMILES string of the molecule is CC(=O)NC(CS)C(=O)NC1CCN(C)C1. The van der Waals surface area contributed by atoms with Gasteiger partial charge in [-0.3, -0.25) is 9.59 Å². The Kier molecular flexibility index (Phi) is 5.08. The van der Waals surface area contributed by atoms with Crippen LogP contribution in [0.3, 0.4) is 0 Å². The molecule has 0 aliphatic carbocycles. The van der Waals surface area contributed by atoms with E-state index in [0.717, 1.165) is 19.5 Å². The fraction of sp³-hybridized carbons (Fsp3) is 0.800. The van der Waals surface area contributed by atoms with Gasteiger partial charge in [0.1, 0.15) is 6.04 Å². The van der Waals surface area contributed by atoms with Gasteiger partial charge in [0.15, 0.2) is 0 Å². The third-order valence-corrected chi connectivity index (χ3v) is 2.98. The average Bonchev–Trinajstić information content (AvgIpc) is 2.60. The minimum Gasteiger partial charge on any atom is -0.350 e. The van der Waals surface area contributed by atoms with Crippen LogP contribution in [0, 0.1) is 0 Å². The molecule has 1 rings (SSSR count). The lowest BCUT2D eigenvalue weighted by molar-refractivity contribution is -0.127. The van der Waals surface area contributed by atoms with Crippen molar-refractivity contribution in [3.8, 4) is 0 Å². The number of nitrogens with zero attached hydrogens (tertiary/aromatic N) is 1. The minimum absolute atomic E-state index is 0.148. The van der Waals surface area contributed by atoms with E-state index in [4.69, 9.17) is 0 Å². The van der Waals surface area contributed by atoms with Crippen LogP contribution in [0.25, 0.3) is 0 Å². The van der Waals surface area contributed by atoms with E-state index in [0.29, 0.717) is 5.75 Å². The van der Waals surface area contributed by atoms with Gasteiger partial charge in [-0.1, -0.05) is 0 Å². The van der Waals surface area contributed by atoms with Crippen molar-refractivity contribution >= 4 is 24.4 Å². The van der Waals surface area contributed by atoms with Crippen LogP contribution >= 0.6 is 12.6 Å². The molecule has 2 amide bonds. The number of carbonyl (C=O) groups excluding carboxylic acids is 2. The van der Waals surface area contributed by atoms with E-state index in [1.54, 1.807) is 0 Å². The first-order valence-electron chi connectivity index (χ1n) is 5.39. The molecule has 5 nitrogen and oxygen atoms in total. The summed E-state index contributed by atoms with van der Waals surface area (Å²) in [6.45, 7) is 3.26. The molecule has 2 unspecified atom stereocenters. The van der Waals surface area contributed by atoms with E-state index in [1.165, 1.54) is 6.92 Å². The zero-order valence-electron chi connectivity index (χ0n) is 9.69. The number of hydrogen-bond donors (Lipinski definition) is 3. The number of likely N-dealkylation sites (N-methyl/N-ethyl adjacent to an activating group) is 1. The number of thiol groups is 1. The summed E-state index contributed by atoms with van der Waals surface area (Å²) in [5, 5.41) is 5.49. The van der Waals surface area contributed by atoms with Crippen LogP contribution in [-0.4, -0.2) is 54.7 Å². The second-order valence-corrected chi connectivity index (χ2v) is 4.56. The van der Waals surface area contributed by atoms with Crippen LogP contribution in [0.4, 0.5) is 0 Å². The molecular formula is C10H19N3O2S. The van der Waals surface area contributed by atoms with Crippen LogP contribution in [0.1, 0.15) is 13.3 Å². The van der Waals surface area contributed by atoms with Crippen molar-refractivity contribution in [1.29, 1.82) is 0 Å². The third-order valence-electron chi connectivity index (χ3n) is 2.61. The highest BCUT2D eigenvalue weighted by Crippen LogP contribution is 2.06. The predicted octanol–water partition coefficient (Wildman–Crippen LogP) is -0.759.